The minimum atomic E-state index is 0.600. The fraction of sp³-hybridized carbons (Fsp3) is 0.467. The zero-order valence-electron chi connectivity index (χ0n) is 12.1. The summed E-state index contributed by atoms with van der Waals surface area (Å²) in [5, 5.41) is 4.03. The summed E-state index contributed by atoms with van der Waals surface area (Å²) in [7, 11) is 0. The number of halogens is 1. The Morgan fingerprint density at radius 2 is 2.05 bits per heavy atom. The van der Waals surface area contributed by atoms with Crippen molar-refractivity contribution in [1.82, 2.24) is 10.1 Å². The average molecular weight is 370 g/mol. The second-order valence-electron chi connectivity index (χ2n) is 5.07. The second-order valence-corrected chi connectivity index (χ2v) is 7.03. The molecule has 1 aromatic carbocycles. The predicted octanol–water partition coefficient (Wildman–Crippen LogP) is 4.04. The molecule has 0 amide bonds. The van der Waals surface area contributed by atoms with Crippen LogP contribution in [-0.4, -0.2) is 16.7 Å². The highest BCUT2D eigenvalue weighted by Gasteiger charge is 2.09. The van der Waals surface area contributed by atoms with Crippen LogP contribution in [0.4, 0.5) is 0 Å². The lowest BCUT2D eigenvalue weighted by molar-refractivity contribution is 0.359. The van der Waals surface area contributed by atoms with E-state index in [1.165, 1.54) is 4.90 Å². The van der Waals surface area contributed by atoms with Crippen LogP contribution in [0, 0.1) is 5.92 Å². The summed E-state index contributed by atoms with van der Waals surface area (Å²) in [6.45, 7) is 2.94. The average Bonchev–Trinajstić information content (AvgIpc) is 2.93. The van der Waals surface area contributed by atoms with Gasteiger partial charge in [0.2, 0.25) is 5.89 Å². The topological polar surface area (TPSA) is 64.9 Å². The molecule has 0 spiro atoms. The van der Waals surface area contributed by atoms with Gasteiger partial charge in [-0.15, -0.1) is 11.8 Å². The van der Waals surface area contributed by atoms with Crippen LogP contribution in [0.15, 0.2) is 38.2 Å². The van der Waals surface area contributed by atoms with E-state index in [9.17, 15) is 0 Å². The summed E-state index contributed by atoms with van der Waals surface area (Å²) in [5.74, 6) is 2.81. The molecule has 6 heteroatoms. The van der Waals surface area contributed by atoms with E-state index in [0.717, 1.165) is 47.7 Å². The van der Waals surface area contributed by atoms with Gasteiger partial charge in [-0.05, 0) is 49.6 Å². The molecule has 2 rings (SSSR count). The first-order valence-electron chi connectivity index (χ1n) is 7.07. The lowest BCUT2D eigenvalue weighted by atomic mass is 10.0. The summed E-state index contributed by atoms with van der Waals surface area (Å²) >= 11 is 5.13. The molecule has 0 saturated carbocycles. The van der Waals surface area contributed by atoms with Crippen molar-refractivity contribution in [3.05, 3.63) is 40.5 Å². The van der Waals surface area contributed by atoms with Crippen LogP contribution in [0.2, 0.25) is 0 Å². The van der Waals surface area contributed by atoms with Gasteiger partial charge >= 0.3 is 0 Å². The van der Waals surface area contributed by atoms with Gasteiger partial charge in [0.25, 0.3) is 0 Å². The van der Waals surface area contributed by atoms with Crippen molar-refractivity contribution in [1.29, 1.82) is 0 Å². The van der Waals surface area contributed by atoms with E-state index in [1.807, 2.05) is 12.1 Å². The van der Waals surface area contributed by atoms with Gasteiger partial charge in [-0.2, -0.15) is 4.98 Å². The Hall–Kier alpha value is -0.850. The van der Waals surface area contributed by atoms with E-state index < -0.39 is 0 Å². The molecule has 0 saturated heterocycles. The van der Waals surface area contributed by atoms with Crippen LogP contribution < -0.4 is 5.73 Å². The molecule has 2 aromatic rings. The van der Waals surface area contributed by atoms with Crippen LogP contribution in [0.5, 0.6) is 0 Å². The summed E-state index contributed by atoms with van der Waals surface area (Å²) in [6, 6.07) is 8.21. The predicted molar refractivity (Wildman–Crippen MR) is 89.2 cm³/mol. The fourth-order valence-electron chi connectivity index (χ4n) is 1.93. The monoisotopic (exact) mass is 369 g/mol. The molecule has 2 N–H and O–H groups in total. The number of hydrogen-bond acceptors (Lipinski definition) is 5. The second kappa shape index (κ2) is 8.56. The molecule has 1 aromatic heterocycles. The van der Waals surface area contributed by atoms with Crippen LogP contribution in [0.1, 0.15) is 31.5 Å². The fourth-order valence-corrected chi connectivity index (χ4v) is 2.93. The maximum absolute atomic E-state index is 5.55. The zero-order chi connectivity index (χ0) is 15.1. The summed E-state index contributed by atoms with van der Waals surface area (Å²) in [6.07, 6.45) is 2.91. The van der Waals surface area contributed by atoms with Gasteiger partial charge in [0.15, 0.2) is 5.82 Å². The van der Waals surface area contributed by atoms with Crippen LogP contribution in [0.3, 0.4) is 0 Å². The van der Waals surface area contributed by atoms with Crippen molar-refractivity contribution in [2.45, 2.75) is 36.8 Å². The first-order valence-corrected chi connectivity index (χ1v) is 8.85. The van der Waals surface area contributed by atoms with Gasteiger partial charge in [0, 0.05) is 15.8 Å². The number of aryl methyl sites for hydroxylation is 1. The lowest BCUT2D eigenvalue weighted by Gasteiger charge is -2.06. The maximum atomic E-state index is 5.55. The molecule has 1 atom stereocenters. The molecule has 1 unspecified atom stereocenters. The van der Waals surface area contributed by atoms with Crippen LogP contribution in [-0.2, 0) is 12.2 Å². The number of nitrogens with two attached hydrogens (primary N) is 1. The minimum absolute atomic E-state index is 0.600. The first-order chi connectivity index (χ1) is 10.2. The molecular weight excluding hydrogens is 350 g/mol. The zero-order valence-corrected chi connectivity index (χ0v) is 14.5. The largest absolute Gasteiger partial charge is 0.339 e. The van der Waals surface area contributed by atoms with Gasteiger partial charge in [-0.1, -0.05) is 28.0 Å². The number of aromatic nitrogens is 2. The van der Waals surface area contributed by atoms with Crippen LogP contribution >= 0.6 is 27.7 Å². The highest BCUT2D eigenvalue weighted by atomic mass is 79.9. The standard InChI is InChI=1S/C15H20BrN3OS/c1-11(8-9-17)2-7-15-18-14(19-20-15)10-21-13-5-3-12(16)4-6-13/h3-6,11H,2,7-10,17H2,1H3. The molecule has 114 valence electrons. The van der Waals surface area contributed by atoms with Crippen LogP contribution in [0.25, 0.3) is 0 Å². The Kier molecular flexibility index (Phi) is 6.73. The third-order valence-electron chi connectivity index (χ3n) is 3.20. The molecule has 0 fully saturated rings. The van der Waals surface area contributed by atoms with Gasteiger partial charge in [-0.25, -0.2) is 0 Å². The molecule has 0 aliphatic carbocycles. The van der Waals surface area contributed by atoms with Crippen molar-refractivity contribution in [3.63, 3.8) is 0 Å². The third-order valence-corrected chi connectivity index (χ3v) is 4.74. The van der Waals surface area contributed by atoms with Gasteiger partial charge in [0.1, 0.15) is 0 Å². The molecule has 1 heterocycles. The van der Waals surface area contributed by atoms with Gasteiger partial charge in [0.05, 0.1) is 5.75 Å². The van der Waals surface area contributed by atoms with E-state index in [1.54, 1.807) is 11.8 Å². The molecule has 21 heavy (non-hydrogen) atoms. The highest BCUT2D eigenvalue weighted by Crippen LogP contribution is 2.23. The number of benzene rings is 1. The van der Waals surface area contributed by atoms with Crippen molar-refractivity contribution < 1.29 is 4.52 Å². The molecule has 0 aliphatic heterocycles. The van der Waals surface area contributed by atoms with Gasteiger partial charge < -0.3 is 10.3 Å². The van der Waals surface area contributed by atoms with Crippen molar-refractivity contribution in [3.8, 4) is 0 Å². The molecule has 0 radical (unpaired) electrons. The Morgan fingerprint density at radius 3 is 2.76 bits per heavy atom. The van der Waals surface area contributed by atoms with Crippen molar-refractivity contribution in [2.75, 3.05) is 6.54 Å². The number of hydrogen-bond donors (Lipinski definition) is 1. The van der Waals surface area contributed by atoms with E-state index in [2.05, 4.69) is 45.1 Å². The Balaban J connectivity index is 1.78. The quantitative estimate of drug-likeness (QED) is 0.711. The van der Waals surface area contributed by atoms with E-state index in [-0.39, 0.29) is 0 Å². The minimum Gasteiger partial charge on any atom is -0.339 e. The Bertz CT molecular complexity index is 544. The SMILES string of the molecule is CC(CCN)CCc1nc(CSc2ccc(Br)cc2)no1. The number of rotatable bonds is 8. The first kappa shape index (κ1) is 16.5. The van der Waals surface area contributed by atoms with E-state index >= 15 is 0 Å². The molecular formula is C15H20BrN3OS. The summed E-state index contributed by atoms with van der Waals surface area (Å²) in [5.41, 5.74) is 5.55. The summed E-state index contributed by atoms with van der Waals surface area (Å²) < 4.78 is 6.37. The number of thioether (sulfide) groups is 1. The molecule has 4 nitrogen and oxygen atoms in total. The lowest BCUT2D eigenvalue weighted by Crippen LogP contribution is -2.06. The normalized spacial score (nSPS) is 12.5. The van der Waals surface area contributed by atoms with Crippen molar-refractivity contribution >= 4 is 27.7 Å². The van der Waals surface area contributed by atoms with E-state index in [4.69, 9.17) is 10.3 Å². The smallest absolute Gasteiger partial charge is 0.226 e. The Labute approximate surface area is 138 Å². The number of nitrogens with zero attached hydrogens (tertiary/aromatic N) is 2. The molecule has 0 bridgehead atoms. The third kappa shape index (κ3) is 5.80. The van der Waals surface area contributed by atoms with Gasteiger partial charge in [-0.3, -0.25) is 0 Å². The Morgan fingerprint density at radius 1 is 1.29 bits per heavy atom. The maximum Gasteiger partial charge on any atom is 0.226 e. The highest BCUT2D eigenvalue weighted by molar-refractivity contribution is 9.10. The van der Waals surface area contributed by atoms with Crippen molar-refractivity contribution in [2.24, 2.45) is 11.7 Å². The van der Waals surface area contributed by atoms with E-state index in [0.29, 0.717) is 5.92 Å². The molecule has 0 aliphatic rings. The summed E-state index contributed by atoms with van der Waals surface area (Å²) in [4.78, 5) is 5.63.